The predicted molar refractivity (Wildman–Crippen MR) is 60.2 cm³/mol. The molecule has 0 N–H and O–H groups in total. The van der Waals surface area contributed by atoms with E-state index in [4.69, 9.17) is 4.74 Å². The number of ketones is 3. The summed E-state index contributed by atoms with van der Waals surface area (Å²) in [7, 11) is 1.35. The van der Waals surface area contributed by atoms with Crippen molar-refractivity contribution in [3.63, 3.8) is 0 Å². The van der Waals surface area contributed by atoms with E-state index in [-0.39, 0.29) is 23.1 Å². The highest BCUT2D eigenvalue weighted by molar-refractivity contribution is 6.23. The normalized spacial score (nSPS) is 29.1. The molecule has 0 aromatic heterocycles. The molecular formula is C13H14O4. The maximum atomic E-state index is 12.1. The summed E-state index contributed by atoms with van der Waals surface area (Å²) in [5, 5.41) is 0. The molecule has 0 spiro atoms. The SMILES string of the molecule is COC1=CC(=O)[C@]2(C)CCC(=O)C(C)=C2C1=O. The standard InChI is InChI=1S/C13H14O4/c1-7-8(14)4-5-13(2)10(15)6-9(17-3)12(16)11(7)13/h6H,4-5H2,1-3H3/t13-/m0/s1. The second-order valence-corrected chi connectivity index (χ2v) is 4.66. The largest absolute Gasteiger partial charge is 0.493 e. The molecule has 2 rings (SSSR count). The molecular weight excluding hydrogens is 220 g/mol. The molecule has 4 nitrogen and oxygen atoms in total. The third-order valence-electron chi connectivity index (χ3n) is 3.67. The number of carbonyl (C=O) groups excluding carboxylic acids is 3. The van der Waals surface area contributed by atoms with E-state index < -0.39 is 5.41 Å². The number of methoxy groups -OCH3 is 1. The minimum atomic E-state index is -0.850. The van der Waals surface area contributed by atoms with Crippen molar-refractivity contribution in [2.45, 2.75) is 26.7 Å². The third kappa shape index (κ3) is 1.47. The van der Waals surface area contributed by atoms with Gasteiger partial charge in [0.15, 0.2) is 17.3 Å². The van der Waals surface area contributed by atoms with Gasteiger partial charge in [0.25, 0.3) is 0 Å². The van der Waals surface area contributed by atoms with Crippen molar-refractivity contribution in [2.75, 3.05) is 7.11 Å². The second kappa shape index (κ2) is 3.65. The van der Waals surface area contributed by atoms with Gasteiger partial charge in [0.2, 0.25) is 5.78 Å². The lowest BCUT2D eigenvalue weighted by molar-refractivity contribution is -0.129. The van der Waals surface area contributed by atoms with Gasteiger partial charge in [-0.2, -0.15) is 0 Å². The fourth-order valence-electron chi connectivity index (χ4n) is 2.52. The summed E-state index contributed by atoms with van der Waals surface area (Å²) in [5.41, 5.74) is -0.130. The van der Waals surface area contributed by atoms with Crippen LogP contribution in [0.1, 0.15) is 26.7 Å². The molecule has 1 atom stereocenters. The first kappa shape index (κ1) is 11.8. The number of fused-ring (bicyclic) bond motifs is 1. The molecule has 0 aromatic carbocycles. The highest BCUT2D eigenvalue weighted by atomic mass is 16.5. The van der Waals surface area contributed by atoms with Crippen LogP contribution in [-0.2, 0) is 19.1 Å². The Bertz CT molecular complexity index is 496. The number of rotatable bonds is 1. The van der Waals surface area contributed by atoms with Crippen molar-refractivity contribution < 1.29 is 19.1 Å². The van der Waals surface area contributed by atoms with Crippen molar-refractivity contribution in [3.05, 3.63) is 23.0 Å². The number of allylic oxidation sites excluding steroid dienone is 3. The Balaban J connectivity index is 2.68. The average molecular weight is 234 g/mol. The van der Waals surface area contributed by atoms with Gasteiger partial charge in [-0.05, 0) is 20.3 Å². The highest BCUT2D eigenvalue weighted by Gasteiger charge is 2.48. The highest BCUT2D eigenvalue weighted by Crippen LogP contribution is 2.44. The molecule has 2 aliphatic carbocycles. The zero-order chi connectivity index (χ0) is 12.8. The molecule has 0 aliphatic heterocycles. The fourth-order valence-corrected chi connectivity index (χ4v) is 2.52. The van der Waals surface area contributed by atoms with Crippen LogP contribution < -0.4 is 0 Å². The molecule has 0 radical (unpaired) electrons. The van der Waals surface area contributed by atoms with E-state index in [9.17, 15) is 14.4 Å². The molecule has 4 heteroatoms. The molecule has 0 amide bonds. The van der Waals surface area contributed by atoms with Gasteiger partial charge in [0.05, 0.1) is 12.5 Å². The minimum Gasteiger partial charge on any atom is -0.493 e. The van der Waals surface area contributed by atoms with Crippen LogP contribution in [0.15, 0.2) is 23.0 Å². The molecule has 0 aromatic rings. The molecule has 0 unspecified atom stereocenters. The van der Waals surface area contributed by atoms with E-state index in [1.54, 1.807) is 13.8 Å². The van der Waals surface area contributed by atoms with Gasteiger partial charge in [-0.1, -0.05) is 0 Å². The maximum Gasteiger partial charge on any atom is 0.225 e. The van der Waals surface area contributed by atoms with Gasteiger partial charge in [-0.25, -0.2) is 0 Å². The molecule has 90 valence electrons. The molecule has 2 aliphatic rings. The zero-order valence-electron chi connectivity index (χ0n) is 10.1. The van der Waals surface area contributed by atoms with Crippen molar-refractivity contribution >= 4 is 17.3 Å². The summed E-state index contributed by atoms with van der Waals surface area (Å²) in [5.74, 6) is -0.525. The van der Waals surface area contributed by atoms with Crippen LogP contribution in [-0.4, -0.2) is 24.5 Å². The lowest BCUT2D eigenvalue weighted by Gasteiger charge is -2.36. The first-order chi connectivity index (χ1) is 7.91. The van der Waals surface area contributed by atoms with Gasteiger partial charge < -0.3 is 4.74 Å². The van der Waals surface area contributed by atoms with Crippen LogP contribution in [0.5, 0.6) is 0 Å². The number of ether oxygens (including phenoxy) is 1. The molecule has 17 heavy (non-hydrogen) atoms. The fraction of sp³-hybridized carbons (Fsp3) is 0.462. The van der Waals surface area contributed by atoms with Crippen molar-refractivity contribution in [1.82, 2.24) is 0 Å². The summed E-state index contributed by atoms with van der Waals surface area (Å²) in [6.07, 6.45) is 1.96. The second-order valence-electron chi connectivity index (χ2n) is 4.66. The first-order valence-corrected chi connectivity index (χ1v) is 5.51. The topological polar surface area (TPSA) is 60.4 Å². The Morgan fingerprint density at radius 1 is 1.29 bits per heavy atom. The van der Waals surface area contributed by atoms with Gasteiger partial charge in [-0.15, -0.1) is 0 Å². The Kier molecular flexibility index (Phi) is 2.53. The van der Waals surface area contributed by atoms with Crippen molar-refractivity contribution in [2.24, 2.45) is 5.41 Å². The van der Waals surface area contributed by atoms with Gasteiger partial charge >= 0.3 is 0 Å². The minimum absolute atomic E-state index is 0.0246. The number of hydrogen-bond donors (Lipinski definition) is 0. The molecule has 0 heterocycles. The van der Waals surface area contributed by atoms with Crippen LogP contribution in [0.2, 0.25) is 0 Å². The predicted octanol–water partition coefficient (Wildman–Crippen LogP) is 1.35. The summed E-state index contributed by atoms with van der Waals surface area (Å²) < 4.78 is 4.90. The Hall–Kier alpha value is -1.71. The van der Waals surface area contributed by atoms with E-state index in [1.807, 2.05) is 0 Å². The quantitative estimate of drug-likeness (QED) is 0.687. The number of Topliss-reactive ketones (excluding diaryl/α,β-unsaturated/α-hetero) is 2. The number of carbonyl (C=O) groups is 3. The van der Waals surface area contributed by atoms with Crippen LogP contribution in [0.4, 0.5) is 0 Å². The summed E-state index contributed by atoms with van der Waals surface area (Å²) in [6.45, 7) is 3.33. The van der Waals surface area contributed by atoms with Crippen molar-refractivity contribution in [1.29, 1.82) is 0 Å². The van der Waals surface area contributed by atoms with Crippen LogP contribution >= 0.6 is 0 Å². The lowest BCUT2D eigenvalue weighted by atomic mass is 9.64. The average Bonchev–Trinajstić information content (AvgIpc) is 2.29. The Morgan fingerprint density at radius 2 is 1.94 bits per heavy atom. The maximum absolute atomic E-state index is 12.1. The molecule has 0 saturated heterocycles. The van der Waals surface area contributed by atoms with Crippen LogP contribution in [0.25, 0.3) is 0 Å². The summed E-state index contributed by atoms with van der Waals surface area (Å²) in [6, 6.07) is 0. The van der Waals surface area contributed by atoms with Gasteiger partial charge in [-0.3, -0.25) is 14.4 Å². The Morgan fingerprint density at radius 3 is 2.53 bits per heavy atom. The lowest BCUT2D eigenvalue weighted by Crippen LogP contribution is -2.41. The van der Waals surface area contributed by atoms with E-state index in [0.29, 0.717) is 24.0 Å². The number of hydrogen-bond acceptors (Lipinski definition) is 4. The zero-order valence-corrected chi connectivity index (χ0v) is 10.1. The first-order valence-electron chi connectivity index (χ1n) is 5.51. The van der Waals surface area contributed by atoms with Crippen LogP contribution in [0, 0.1) is 5.41 Å². The van der Waals surface area contributed by atoms with Gasteiger partial charge in [0.1, 0.15) is 0 Å². The van der Waals surface area contributed by atoms with Gasteiger partial charge in [0, 0.05) is 23.6 Å². The molecule has 0 fully saturated rings. The monoisotopic (exact) mass is 234 g/mol. The summed E-state index contributed by atoms with van der Waals surface area (Å²) >= 11 is 0. The Labute approximate surface area is 99.3 Å². The van der Waals surface area contributed by atoms with E-state index >= 15 is 0 Å². The van der Waals surface area contributed by atoms with E-state index in [2.05, 4.69) is 0 Å². The molecule has 0 bridgehead atoms. The smallest absolute Gasteiger partial charge is 0.225 e. The van der Waals surface area contributed by atoms with E-state index in [1.165, 1.54) is 13.2 Å². The van der Waals surface area contributed by atoms with Crippen molar-refractivity contribution in [3.8, 4) is 0 Å². The molecule has 0 saturated carbocycles. The van der Waals surface area contributed by atoms with Crippen LogP contribution in [0.3, 0.4) is 0 Å². The van der Waals surface area contributed by atoms with E-state index in [0.717, 1.165) is 0 Å². The summed E-state index contributed by atoms with van der Waals surface area (Å²) in [4.78, 5) is 35.9. The third-order valence-corrected chi connectivity index (χ3v) is 3.67.